The molecular formula is C18H19ClFN3OS. The highest BCUT2D eigenvalue weighted by Crippen LogP contribution is 2.33. The second-order valence-electron chi connectivity index (χ2n) is 6.13. The predicted octanol–water partition coefficient (Wildman–Crippen LogP) is -0.587. The molecule has 0 saturated carbocycles. The number of aromatic nitrogens is 1. The fourth-order valence-electron chi connectivity index (χ4n) is 2.94. The lowest BCUT2D eigenvalue weighted by atomic mass is 10.2. The Morgan fingerprint density at radius 1 is 1.16 bits per heavy atom. The minimum Gasteiger partial charge on any atom is -1.00 e. The van der Waals surface area contributed by atoms with Gasteiger partial charge in [0.2, 0.25) is 5.36 Å². The number of halogens is 2. The topological polar surface area (TPSA) is 28.4 Å². The molecule has 1 aromatic rings. The van der Waals surface area contributed by atoms with E-state index in [9.17, 15) is 4.39 Å². The second kappa shape index (κ2) is 7.23. The quantitative estimate of drug-likeness (QED) is 0.418. The third-order valence-corrected chi connectivity index (χ3v) is 5.38. The summed E-state index contributed by atoms with van der Waals surface area (Å²) in [6, 6.07) is 9.73. The van der Waals surface area contributed by atoms with Gasteiger partial charge >= 0.3 is 0 Å². The summed E-state index contributed by atoms with van der Waals surface area (Å²) in [7, 11) is 3.83. The van der Waals surface area contributed by atoms with Crippen molar-refractivity contribution in [3.63, 3.8) is 0 Å². The fourth-order valence-corrected chi connectivity index (χ4v) is 3.99. The van der Waals surface area contributed by atoms with Crippen molar-refractivity contribution in [3.05, 3.63) is 41.5 Å². The van der Waals surface area contributed by atoms with E-state index in [0.717, 1.165) is 47.3 Å². The first kappa shape index (κ1) is 18.0. The SMILES string of the molecule is CN(C)c1cc(F)c2nc3ccc(=[N+]4CCOCC4)cc-3sc2c1.[Cl-]. The maximum Gasteiger partial charge on any atom is 0.201 e. The standard InChI is InChI=1S/C18H19FN3OS.ClH/c1-21(2)13-9-14(19)18-17(11-13)24-16-10-12(3-4-15(16)20-18)22-5-7-23-8-6-22;/h3-4,9-11H,5-8H2,1-2H3;1H/q+1;/p-1. The summed E-state index contributed by atoms with van der Waals surface area (Å²) in [5.41, 5.74) is 2.12. The monoisotopic (exact) mass is 379 g/mol. The van der Waals surface area contributed by atoms with Crippen LogP contribution in [0.25, 0.3) is 20.8 Å². The van der Waals surface area contributed by atoms with Crippen LogP contribution < -0.4 is 27.2 Å². The molecule has 4 nitrogen and oxygen atoms in total. The van der Waals surface area contributed by atoms with Gasteiger partial charge in [-0.25, -0.2) is 13.9 Å². The van der Waals surface area contributed by atoms with E-state index in [4.69, 9.17) is 4.74 Å². The lowest BCUT2D eigenvalue weighted by molar-refractivity contribution is -0.00000615. The number of morpholine rings is 1. The number of ether oxygens (including phenoxy) is 1. The molecule has 0 amide bonds. The zero-order chi connectivity index (χ0) is 16.7. The smallest absolute Gasteiger partial charge is 0.201 e. The van der Waals surface area contributed by atoms with Gasteiger partial charge in [0.25, 0.3) is 0 Å². The predicted molar refractivity (Wildman–Crippen MR) is 96.3 cm³/mol. The van der Waals surface area contributed by atoms with Crippen molar-refractivity contribution in [3.8, 4) is 10.6 Å². The van der Waals surface area contributed by atoms with Crippen molar-refractivity contribution in [2.75, 3.05) is 45.3 Å². The van der Waals surface area contributed by atoms with Crippen molar-refractivity contribution < 1.29 is 21.5 Å². The van der Waals surface area contributed by atoms with Gasteiger partial charge in [-0.2, -0.15) is 0 Å². The molecule has 2 heterocycles. The molecule has 2 aliphatic heterocycles. The number of anilines is 1. The molecule has 25 heavy (non-hydrogen) atoms. The van der Waals surface area contributed by atoms with E-state index >= 15 is 0 Å². The highest BCUT2D eigenvalue weighted by Gasteiger charge is 2.16. The van der Waals surface area contributed by atoms with Gasteiger partial charge in [-0.3, -0.25) is 0 Å². The number of hydrogen-bond donors (Lipinski definition) is 0. The highest BCUT2D eigenvalue weighted by molar-refractivity contribution is 7.21. The summed E-state index contributed by atoms with van der Waals surface area (Å²) >= 11 is 1.59. The van der Waals surface area contributed by atoms with Crippen LogP contribution >= 0.6 is 11.3 Å². The van der Waals surface area contributed by atoms with Crippen LogP contribution in [-0.2, 0) is 4.74 Å². The van der Waals surface area contributed by atoms with Gasteiger partial charge in [0, 0.05) is 31.9 Å². The molecule has 7 heteroatoms. The molecule has 3 aliphatic rings. The first-order chi connectivity index (χ1) is 11.6. The van der Waals surface area contributed by atoms with Gasteiger partial charge in [0.15, 0.2) is 18.9 Å². The Balaban J connectivity index is 0.00000182. The fraction of sp³-hybridized carbons (Fsp3) is 0.333. The van der Waals surface area contributed by atoms with E-state index in [2.05, 4.69) is 21.7 Å². The molecule has 0 bridgehead atoms. The largest absolute Gasteiger partial charge is 1.00 e. The zero-order valence-corrected chi connectivity index (χ0v) is 15.7. The molecule has 0 spiro atoms. The maximum atomic E-state index is 14.4. The molecule has 1 fully saturated rings. The number of nitrogens with zero attached hydrogens (tertiary/aromatic N) is 3. The molecule has 1 aromatic carbocycles. The highest BCUT2D eigenvalue weighted by atomic mass is 35.5. The third kappa shape index (κ3) is 3.47. The van der Waals surface area contributed by atoms with Crippen LogP contribution in [-0.4, -0.2) is 45.4 Å². The molecule has 0 aromatic heterocycles. The van der Waals surface area contributed by atoms with Crippen LogP contribution in [0.4, 0.5) is 10.1 Å². The Bertz CT molecular complexity index is 949. The van der Waals surface area contributed by atoms with Crippen molar-refractivity contribution in [2.45, 2.75) is 0 Å². The Morgan fingerprint density at radius 3 is 2.64 bits per heavy atom. The van der Waals surface area contributed by atoms with E-state index in [1.54, 1.807) is 11.3 Å². The Labute approximate surface area is 156 Å². The van der Waals surface area contributed by atoms with Crippen LogP contribution in [0.2, 0.25) is 0 Å². The first-order valence-electron chi connectivity index (χ1n) is 7.99. The van der Waals surface area contributed by atoms with Crippen molar-refractivity contribution >= 4 is 27.2 Å². The Morgan fingerprint density at radius 2 is 1.92 bits per heavy atom. The summed E-state index contributed by atoms with van der Waals surface area (Å²) in [5, 5.41) is 1.17. The third-order valence-electron chi connectivity index (χ3n) is 4.30. The van der Waals surface area contributed by atoms with Gasteiger partial charge in [-0.05, 0) is 18.2 Å². The Kier molecular flexibility index (Phi) is 5.22. The molecule has 0 radical (unpaired) electrons. The van der Waals surface area contributed by atoms with Crippen LogP contribution in [0.5, 0.6) is 0 Å². The maximum absolute atomic E-state index is 14.4. The average Bonchev–Trinajstić information content (AvgIpc) is 2.60. The molecule has 1 saturated heterocycles. The van der Waals surface area contributed by atoms with E-state index in [-0.39, 0.29) is 18.2 Å². The zero-order valence-electron chi connectivity index (χ0n) is 14.1. The van der Waals surface area contributed by atoms with Gasteiger partial charge in [0.1, 0.15) is 18.7 Å². The molecule has 0 unspecified atom stereocenters. The van der Waals surface area contributed by atoms with E-state index < -0.39 is 0 Å². The second-order valence-corrected chi connectivity index (χ2v) is 7.22. The van der Waals surface area contributed by atoms with E-state index in [1.165, 1.54) is 11.4 Å². The van der Waals surface area contributed by atoms with E-state index in [0.29, 0.717) is 5.52 Å². The van der Waals surface area contributed by atoms with Crippen LogP contribution in [0.3, 0.4) is 0 Å². The summed E-state index contributed by atoms with van der Waals surface area (Å²) in [6.07, 6.45) is 0. The summed E-state index contributed by atoms with van der Waals surface area (Å²) < 4.78 is 23.0. The number of hydrogen-bond acceptors (Lipinski definition) is 4. The summed E-state index contributed by atoms with van der Waals surface area (Å²) in [5.74, 6) is -0.272. The van der Waals surface area contributed by atoms with Gasteiger partial charge in [0.05, 0.1) is 15.3 Å². The molecular weight excluding hydrogens is 361 g/mol. The van der Waals surface area contributed by atoms with E-state index in [1.807, 2.05) is 31.1 Å². The molecule has 132 valence electrons. The lowest BCUT2D eigenvalue weighted by Crippen LogP contribution is -3.00. The molecule has 0 atom stereocenters. The van der Waals surface area contributed by atoms with Gasteiger partial charge in [-0.1, -0.05) is 0 Å². The number of rotatable bonds is 1. The number of fused-ring (bicyclic) bond motifs is 2. The van der Waals surface area contributed by atoms with Crippen molar-refractivity contribution in [1.82, 2.24) is 9.56 Å². The first-order valence-corrected chi connectivity index (χ1v) is 8.81. The minimum atomic E-state index is -0.272. The van der Waals surface area contributed by atoms with Crippen molar-refractivity contribution in [1.29, 1.82) is 0 Å². The molecule has 1 aliphatic carbocycles. The average molecular weight is 380 g/mol. The van der Waals surface area contributed by atoms with Crippen LogP contribution in [0.1, 0.15) is 0 Å². The molecule has 0 N–H and O–H groups in total. The summed E-state index contributed by atoms with van der Waals surface area (Å²) in [6.45, 7) is 3.32. The van der Waals surface area contributed by atoms with Gasteiger partial charge in [-0.15, -0.1) is 11.3 Å². The van der Waals surface area contributed by atoms with Crippen LogP contribution in [0.15, 0.2) is 30.3 Å². The van der Waals surface area contributed by atoms with Crippen molar-refractivity contribution in [2.24, 2.45) is 0 Å². The number of benzene rings is 2. The van der Waals surface area contributed by atoms with Gasteiger partial charge < -0.3 is 22.0 Å². The molecule has 4 rings (SSSR count). The minimum absolute atomic E-state index is 0. The summed E-state index contributed by atoms with van der Waals surface area (Å²) in [4.78, 5) is 7.52. The van der Waals surface area contributed by atoms with Crippen LogP contribution in [0, 0.1) is 5.82 Å². The lowest BCUT2D eigenvalue weighted by Gasteiger charge is -2.14. The Hall–Kier alpha value is -1.76. The normalized spacial score (nSPS) is 14.6.